The second kappa shape index (κ2) is 14.0. The predicted octanol–water partition coefficient (Wildman–Crippen LogP) is 10.8. The Morgan fingerprint density at radius 3 is 1.53 bits per heavy atom. The zero-order valence-electron chi connectivity index (χ0n) is 31.5. The van der Waals surface area contributed by atoms with Crippen LogP contribution < -0.4 is 10.6 Å². The van der Waals surface area contributed by atoms with Gasteiger partial charge in [0.1, 0.15) is 0 Å². The SMILES string of the molecule is C=C(C=c1c2n(c3ccccc13)-c1ccccc1C(c1ccccc1)(c1ccccc1)C=2C)c1ccc(-c2nc(-c3ccccc3)nc(-c3ccccc3)n2)cc1. The van der Waals surface area contributed by atoms with Crippen molar-refractivity contribution in [3.8, 4) is 39.9 Å². The van der Waals surface area contributed by atoms with Crippen molar-refractivity contribution in [1.29, 1.82) is 0 Å². The van der Waals surface area contributed by atoms with Crippen molar-refractivity contribution in [3.05, 3.63) is 234 Å². The molecule has 0 saturated carbocycles. The molecule has 270 valence electrons. The number of hydrogen-bond donors (Lipinski definition) is 0. The van der Waals surface area contributed by atoms with Gasteiger partial charge in [-0.3, -0.25) is 0 Å². The molecule has 0 bridgehead atoms. The van der Waals surface area contributed by atoms with Crippen molar-refractivity contribution in [2.45, 2.75) is 12.3 Å². The highest BCUT2D eigenvalue weighted by molar-refractivity contribution is 5.95. The lowest BCUT2D eigenvalue weighted by Crippen LogP contribution is -2.44. The predicted molar refractivity (Wildman–Crippen MR) is 234 cm³/mol. The number of nitrogens with zero attached hydrogens (tertiary/aromatic N) is 4. The van der Waals surface area contributed by atoms with Gasteiger partial charge in [0.05, 0.1) is 22.0 Å². The number of aromatic nitrogens is 4. The molecule has 0 fully saturated rings. The summed E-state index contributed by atoms with van der Waals surface area (Å²) in [5.74, 6) is 1.90. The van der Waals surface area contributed by atoms with E-state index in [-0.39, 0.29) is 0 Å². The summed E-state index contributed by atoms with van der Waals surface area (Å²) >= 11 is 0. The Morgan fingerprint density at radius 2 is 0.965 bits per heavy atom. The van der Waals surface area contributed by atoms with Crippen LogP contribution in [0.1, 0.15) is 29.2 Å². The fourth-order valence-electron chi connectivity index (χ4n) is 8.71. The molecule has 3 heterocycles. The van der Waals surface area contributed by atoms with Crippen molar-refractivity contribution >= 4 is 28.1 Å². The molecular formula is C53H38N4. The molecule has 7 aromatic carbocycles. The van der Waals surface area contributed by atoms with E-state index in [9.17, 15) is 0 Å². The highest BCUT2D eigenvalue weighted by atomic mass is 15.0. The largest absolute Gasteiger partial charge is 0.309 e. The number of benzene rings is 7. The van der Waals surface area contributed by atoms with Gasteiger partial charge < -0.3 is 4.57 Å². The topological polar surface area (TPSA) is 43.6 Å². The first-order chi connectivity index (χ1) is 28.1. The van der Waals surface area contributed by atoms with E-state index in [0.29, 0.717) is 17.5 Å². The zero-order valence-corrected chi connectivity index (χ0v) is 31.5. The van der Waals surface area contributed by atoms with Gasteiger partial charge in [-0.25, -0.2) is 15.0 Å². The van der Waals surface area contributed by atoms with Crippen LogP contribution in [0.3, 0.4) is 0 Å². The Balaban J connectivity index is 1.15. The minimum atomic E-state index is -0.517. The Labute approximate surface area is 332 Å². The van der Waals surface area contributed by atoms with Crippen LogP contribution in [0, 0.1) is 0 Å². The summed E-state index contributed by atoms with van der Waals surface area (Å²) in [7, 11) is 0. The van der Waals surface area contributed by atoms with Crippen LogP contribution in [0.5, 0.6) is 0 Å². The smallest absolute Gasteiger partial charge is 0.164 e. The van der Waals surface area contributed by atoms with Crippen molar-refractivity contribution in [2.75, 3.05) is 0 Å². The fourth-order valence-corrected chi connectivity index (χ4v) is 8.71. The van der Waals surface area contributed by atoms with E-state index < -0.39 is 5.41 Å². The van der Waals surface area contributed by atoms with Crippen LogP contribution >= 0.6 is 0 Å². The maximum Gasteiger partial charge on any atom is 0.164 e. The van der Waals surface area contributed by atoms with Gasteiger partial charge in [0.15, 0.2) is 17.5 Å². The minimum Gasteiger partial charge on any atom is -0.309 e. The zero-order chi connectivity index (χ0) is 38.3. The number of fused-ring (bicyclic) bond motifs is 5. The van der Waals surface area contributed by atoms with Crippen LogP contribution in [0.25, 0.3) is 68.0 Å². The van der Waals surface area contributed by atoms with Gasteiger partial charge in [-0.15, -0.1) is 0 Å². The van der Waals surface area contributed by atoms with E-state index in [2.05, 4.69) is 158 Å². The number of hydrogen-bond acceptors (Lipinski definition) is 3. The summed E-state index contributed by atoms with van der Waals surface area (Å²) < 4.78 is 2.46. The highest BCUT2D eigenvalue weighted by Crippen LogP contribution is 2.49. The van der Waals surface area contributed by atoms with Gasteiger partial charge in [0.2, 0.25) is 0 Å². The third kappa shape index (κ3) is 5.65. The second-order valence-corrected chi connectivity index (χ2v) is 14.5. The van der Waals surface area contributed by atoms with E-state index in [1.807, 2.05) is 60.7 Å². The van der Waals surface area contributed by atoms with Crippen LogP contribution in [0.4, 0.5) is 0 Å². The lowest BCUT2D eigenvalue weighted by molar-refractivity contribution is 0.748. The summed E-state index contributed by atoms with van der Waals surface area (Å²) in [6.45, 7) is 6.99. The molecule has 1 aliphatic heterocycles. The molecule has 0 atom stereocenters. The maximum atomic E-state index is 4.95. The molecule has 9 aromatic rings. The summed E-state index contributed by atoms with van der Waals surface area (Å²) in [4.78, 5) is 14.8. The van der Waals surface area contributed by atoms with E-state index in [4.69, 9.17) is 15.0 Å². The standard InChI is InChI=1S/C53H38N4/c1-36(38-31-33-41(34-32-38)52-55-50(39-19-7-3-8-20-39)54-51(56-52)40-21-9-4-10-22-40)35-45-44-27-15-17-29-47(44)57-48-30-18-16-28-46(48)53(37(2)49(45)57,42-23-11-5-12-24-42)43-25-13-6-14-26-43/h3-35H,1H2,2H3. The molecule has 0 amide bonds. The van der Waals surface area contributed by atoms with Crippen LogP contribution in [0.15, 0.2) is 201 Å². The van der Waals surface area contributed by atoms with E-state index >= 15 is 0 Å². The number of para-hydroxylation sites is 2. The Kier molecular flexibility index (Phi) is 8.38. The lowest BCUT2D eigenvalue weighted by atomic mass is 9.63. The normalized spacial score (nSPS) is 13.3. The molecule has 0 N–H and O–H groups in total. The molecule has 4 heteroatoms. The molecule has 57 heavy (non-hydrogen) atoms. The van der Waals surface area contributed by atoms with Gasteiger partial charge in [-0.2, -0.15) is 0 Å². The average molecular weight is 731 g/mol. The Bertz CT molecular complexity index is 2960. The van der Waals surface area contributed by atoms with Gasteiger partial charge in [0, 0.05) is 27.3 Å². The first kappa shape index (κ1) is 34.1. The van der Waals surface area contributed by atoms with E-state index in [1.165, 1.54) is 44.2 Å². The minimum absolute atomic E-state index is 0.517. The molecule has 0 unspecified atom stereocenters. The molecule has 1 aliphatic rings. The number of allylic oxidation sites excluding steroid dienone is 1. The molecule has 0 saturated heterocycles. The molecule has 10 rings (SSSR count). The molecule has 0 aliphatic carbocycles. The second-order valence-electron chi connectivity index (χ2n) is 14.5. The van der Waals surface area contributed by atoms with Crippen molar-refractivity contribution in [3.63, 3.8) is 0 Å². The highest BCUT2D eigenvalue weighted by Gasteiger charge is 2.43. The summed E-state index contributed by atoms with van der Waals surface area (Å²) in [6, 6.07) is 68.1. The first-order valence-corrected chi connectivity index (χ1v) is 19.3. The Morgan fingerprint density at radius 1 is 0.509 bits per heavy atom. The summed E-state index contributed by atoms with van der Waals surface area (Å²) in [5.41, 5.74) is 11.6. The molecule has 4 nitrogen and oxygen atoms in total. The maximum absolute atomic E-state index is 4.95. The Hall–Kier alpha value is -7.43. The third-order valence-electron chi connectivity index (χ3n) is 11.3. The van der Waals surface area contributed by atoms with Crippen molar-refractivity contribution < 1.29 is 0 Å². The van der Waals surface area contributed by atoms with Crippen LogP contribution in [0.2, 0.25) is 0 Å². The summed E-state index contributed by atoms with van der Waals surface area (Å²) in [5, 5.41) is 3.52. The van der Waals surface area contributed by atoms with Crippen molar-refractivity contribution in [2.24, 2.45) is 0 Å². The first-order valence-electron chi connectivity index (χ1n) is 19.3. The average Bonchev–Trinajstić information content (AvgIpc) is 3.62. The van der Waals surface area contributed by atoms with E-state index in [1.54, 1.807) is 0 Å². The van der Waals surface area contributed by atoms with Gasteiger partial charge in [0.25, 0.3) is 0 Å². The molecule has 2 aromatic heterocycles. The van der Waals surface area contributed by atoms with Gasteiger partial charge in [-0.1, -0.05) is 189 Å². The molecule has 0 spiro atoms. The molecular weight excluding hydrogens is 693 g/mol. The van der Waals surface area contributed by atoms with Gasteiger partial charge in [-0.05, 0) is 58.5 Å². The van der Waals surface area contributed by atoms with Gasteiger partial charge >= 0.3 is 0 Å². The van der Waals surface area contributed by atoms with Crippen molar-refractivity contribution in [1.82, 2.24) is 19.5 Å². The number of rotatable bonds is 7. The molecule has 0 radical (unpaired) electrons. The van der Waals surface area contributed by atoms with E-state index in [0.717, 1.165) is 33.0 Å². The fraction of sp³-hybridized carbons (Fsp3) is 0.0377. The summed E-state index contributed by atoms with van der Waals surface area (Å²) in [6.07, 6.45) is 2.27. The lowest BCUT2D eigenvalue weighted by Gasteiger charge is -2.41. The van der Waals surface area contributed by atoms with Crippen LogP contribution in [-0.4, -0.2) is 19.5 Å². The third-order valence-corrected chi connectivity index (χ3v) is 11.3. The van der Waals surface area contributed by atoms with Crippen LogP contribution in [-0.2, 0) is 5.41 Å². The monoisotopic (exact) mass is 730 g/mol. The quantitative estimate of drug-likeness (QED) is 0.164.